The molecular weight excluding hydrogens is 298 g/mol. The van der Waals surface area contributed by atoms with Crippen molar-refractivity contribution >= 4 is 28.9 Å². The molecule has 0 bridgehead atoms. The van der Waals surface area contributed by atoms with Crippen LogP contribution in [-0.4, -0.2) is 16.4 Å². The molecule has 1 heterocycles. The Morgan fingerprint density at radius 1 is 1.14 bits per heavy atom. The van der Waals surface area contributed by atoms with E-state index in [-0.39, 0.29) is 11.4 Å². The smallest absolute Gasteiger partial charge is 0.274 e. The van der Waals surface area contributed by atoms with Crippen LogP contribution in [0.15, 0.2) is 36.5 Å². The van der Waals surface area contributed by atoms with E-state index in [0.717, 1.165) is 11.3 Å². The van der Waals surface area contributed by atoms with Gasteiger partial charge >= 0.3 is 0 Å². The molecule has 0 aliphatic carbocycles. The summed E-state index contributed by atoms with van der Waals surface area (Å²) in [4.78, 5) is 16.4. The first-order valence-corrected chi connectivity index (χ1v) is 7.44. The van der Waals surface area contributed by atoms with Crippen molar-refractivity contribution < 1.29 is 4.79 Å². The summed E-state index contributed by atoms with van der Waals surface area (Å²) < 4.78 is 0. The molecule has 1 aromatic heterocycles. The highest BCUT2D eigenvalue weighted by Gasteiger charge is 2.13. The van der Waals surface area contributed by atoms with Crippen LogP contribution in [0.2, 0.25) is 5.02 Å². The third-order valence-corrected chi connectivity index (χ3v) is 3.35. The standard InChI is InChI=1S/C17H20ClN3O/c1-11-5-6-12(9-14(11)18)20-16(22)15-10-13(7-8-19-15)21-17(2,3)4/h5-10H,1-4H3,(H,19,21)(H,20,22). The third kappa shape index (κ3) is 4.46. The van der Waals surface area contributed by atoms with E-state index in [2.05, 4.69) is 36.4 Å². The van der Waals surface area contributed by atoms with Crippen LogP contribution in [0.25, 0.3) is 0 Å². The fraction of sp³-hybridized carbons (Fsp3) is 0.294. The molecule has 2 aromatic rings. The first-order chi connectivity index (χ1) is 10.2. The maximum absolute atomic E-state index is 12.3. The molecule has 1 aromatic carbocycles. The number of carbonyl (C=O) groups is 1. The second-order valence-electron chi connectivity index (χ2n) is 6.22. The number of benzene rings is 1. The molecule has 0 fully saturated rings. The average molecular weight is 318 g/mol. The van der Waals surface area contributed by atoms with Crippen LogP contribution in [0.1, 0.15) is 36.8 Å². The number of amides is 1. The van der Waals surface area contributed by atoms with Gasteiger partial charge in [-0.15, -0.1) is 0 Å². The van der Waals surface area contributed by atoms with E-state index >= 15 is 0 Å². The van der Waals surface area contributed by atoms with Gasteiger partial charge in [-0.1, -0.05) is 17.7 Å². The zero-order chi connectivity index (χ0) is 16.3. The van der Waals surface area contributed by atoms with E-state index in [4.69, 9.17) is 11.6 Å². The summed E-state index contributed by atoms with van der Waals surface area (Å²) in [7, 11) is 0. The molecule has 0 saturated carbocycles. The van der Waals surface area contributed by atoms with Gasteiger partial charge in [0.05, 0.1) is 0 Å². The minimum atomic E-state index is -0.266. The van der Waals surface area contributed by atoms with Crippen LogP contribution in [0.5, 0.6) is 0 Å². The van der Waals surface area contributed by atoms with Gasteiger partial charge in [0.1, 0.15) is 5.69 Å². The summed E-state index contributed by atoms with van der Waals surface area (Å²) in [5.41, 5.74) is 2.74. The van der Waals surface area contributed by atoms with Gasteiger partial charge in [-0.3, -0.25) is 9.78 Å². The summed E-state index contributed by atoms with van der Waals surface area (Å²) in [6.45, 7) is 8.08. The van der Waals surface area contributed by atoms with Crippen molar-refractivity contribution in [1.82, 2.24) is 4.98 Å². The number of carbonyl (C=O) groups excluding carboxylic acids is 1. The first kappa shape index (κ1) is 16.3. The average Bonchev–Trinajstić information content (AvgIpc) is 2.41. The third-order valence-electron chi connectivity index (χ3n) is 2.94. The van der Waals surface area contributed by atoms with Crippen LogP contribution in [0.3, 0.4) is 0 Å². The topological polar surface area (TPSA) is 54.0 Å². The highest BCUT2D eigenvalue weighted by Crippen LogP contribution is 2.21. The molecule has 116 valence electrons. The number of nitrogens with zero attached hydrogens (tertiary/aromatic N) is 1. The van der Waals surface area contributed by atoms with E-state index in [0.29, 0.717) is 16.4 Å². The van der Waals surface area contributed by atoms with Crippen molar-refractivity contribution in [2.75, 3.05) is 10.6 Å². The maximum atomic E-state index is 12.3. The molecule has 0 spiro atoms. The molecular formula is C17H20ClN3O. The first-order valence-electron chi connectivity index (χ1n) is 7.06. The van der Waals surface area contributed by atoms with Crippen molar-refractivity contribution in [3.05, 3.63) is 52.8 Å². The predicted octanol–water partition coefficient (Wildman–Crippen LogP) is 4.51. The Kier molecular flexibility index (Phi) is 4.71. The van der Waals surface area contributed by atoms with Gasteiger partial charge in [0, 0.05) is 28.1 Å². The van der Waals surface area contributed by atoms with Gasteiger partial charge < -0.3 is 10.6 Å². The molecule has 0 radical (unpaired) electrons. The van der Waals surface area contributed by atoms with E-state index < -0.39 is 0 Å². The Morgan fingerprint density at radius 3 is 2.50 bits per heavy atom. The van der Waals surface area contributed by atoms with Crippen LogP contribution < -0.4 is 10.6 Å². The van der Waals surface area contributed by atoms with Crippen molar-refractivity contribution in [3.63, 3.8) is 0 Å². The van der Waals surface area contributed by atoms with E-state index in [1.807, 2.05) is 25.1 Å². The minimum absolute atomic E-state index is 0.0837. The largest absolute Gasteiger partial charge is 0.380 e. The number of hydrogen-bond acceptors (Lipinski definition) is 3. The number of aromatic nitrogens is 1. The highest BCUT2D eigenvalue weighted by atomic mass is 35.5. The summed E-state index contributed by atoms with van der Waals surface area (Å²) in [5.74, 6) is -0.266. The minimum Gasteiger partial charge on any atom is -0.380 e. The molecule has 4 nitrogen and oxygen atoms in total. The number of rotatable bonds is 3. The lowest BCUT2D eigenvalue weighted by molar-refractivity contribution is 0.102. The van der Waals surface area contributed by atoms with Crippen LogP contribution >= 0.6 is 11.6 Å². The predicted molar refractivity (Wildman–Crippen MR) is 91.8 cm³/mol. The number of anilines is 2. The fourth-order valence-electron chi connectivity index (χ4n) is 1.93. The van der Waals surface area contributed by atoms with E-state index in [1.165, 1.54) is 0 Å². The second kappa shape index (κ2) is 6.36. The van der Waals surface area contributed by atoms with E-state index in [9.17, 15) is 4.79 Å². The highest BCUT2D eigenvalue weighted by molar-refractivity contribution is 6.31. The monoisotopic (exact) mass is 317 g/mol. The molecule has 22 heavy (non-hydrogen) atoms. The number of pyridine rings is 1. The molecule has 1 amide bonds. The molecule has 5 heteroatoms. The summed E-state index contributed by atoms with van der Waals surface area (Å²) >= 11 is 6.06. The van der Waals surface area contributed by atoms with Gasteiger partial charge in [-0.25, -0.2) is 0 Å². The van der Waals surface area contributed by atoms with Crippen molar-refractivity contribution in [2.24, 2.45) is 0 Å². The maximum Gasteiger partial charge on any atom is 0.274 e. The normalized spacial score (nSPS) is 11.1. The molecule has 0 saturated heterocycles. The molecule has 0 atom stereocenters. The molecule has 0 aliphatic rings. The van der Waals surface area contributed by atoms with Crippen molar-refractivity contribution in [1.29, 1.82) is 0 Å². The Balaban J connectivity index is 2.15. The van der Waals surface area contributed by atoms with Gasteiger partial charge in [0.15, 0.2) is 0 Å². The summed E-state index contributed by atoms with van der Waals surface area (Å²) in [6, 6.07) is 8.98. The number of halogens is 1. The molecule has 0 aliphatic heterocycles. The SMILES string of the molecule is Cc1ccc(NC(=O)c2cc(NC(C)(C)C)ccn2)cc1Cl. The quantitative estimate of drug-likeness (QED) is 0.876. The van der Waals surface area contributed by atoms with Crippen LogP contribution in [0, 0.1) is 6.92 Å². The van der Waals surface area contributed by atoms with Gasteiger partial charge in [0.25, 0.3) is 5.91 Å². The van der Waals surface area contributed by atoms with Crippen LogP contribution in [0.4, 0.5) is 11.4 Å². The lowest BCUT2D eigenvalue weighted by Gasteiger charge is -2.22. The molecule has 2 rings (SSSR count). The van der Waals surface area contributed by atoms with Crippen molar-refractivity contribution in [2.45, 2.75) is 33.2 Å². The number of nitrogens with one attached hydrogen (secondary N) is 2. The van der Waals surface area contributed by atoms with Gasteiger partial charge in [-0.2, -0.15) is 0 Å². The Morgan fingerprint density at radius 2 is 1.86 bits per heavy atom. The Bertz CT molecular complexity index is 693. The Hall–Kier alpha value is -2.07. The summed E-state index contributed by atoms with van der Waals surface area (Å²) in [5, 5.41) is 6.74. The second-order valence-corrected chi connectivity index (χ2v) is 6.63. The fourth-order valence-corrected chi connectivity index (χ4v) is 2.11. The lowest BCUT2D eigenvalue weighted by Crippen LogP contribution is -2.26. The molecule has 0 unspecified atom stereocenters. The Labute approximate surface area is 135 Å². The zero-order valence-electron chi connectivity index (χ0n) is 13.2. The zero-order valence-corrected chi connectivity index (χ0v) is 14.0. The number of aryl methyl sites for hydroxylation is 1. The molecule has 2 N–H and O–H groups in total. The lowest BCUT2D eigenvalue weighted by atomic mass is 10.1. The van der Waals surface area contributed by atoms with Crippen LogP contribution in [-0.2, 0) is 0 Å². The van der Waals surface area contributed by atoms with Gasteiger partial charge in [-0.05, 0) is 57.5 Å². The van der Waals surface area contributed by atoms with Gasteiger partial charge in [0.2, 0.25) is 0 Å². The van der Waals surface area contributed by atoms with Crippen molar-refractivity contribution in [3.8, 4) is 0 Å². The summed E-state index contributed by atoms with van der Waals surface area (Å²) in [6.07, 6.45) is 1.62. The number of hydrogen-bond donors (Lipinski definition) is 2. The van der Waals surface area contributed by atoms with E-state index in [1.54, 1.807) is 18.3 Å².